The van der Waals surface area contributed by atoms with Gasteiger partial charge in [0.15, 0.2) is 0 Å². The quantitative estimate of drug-likeness (QED) is 0.375. The van der Waals surface area contributed by atoms with E-state index in [1.807, 2.05) is 13.8 Å². The maximum absolute atomic E-state index is 13.8. The number of nitrogens with zero attached hydrogens (tertiary/aromatic N) is 2. The van der Waals surface area contributed by atoms with Gasteiger partial charge in [0.1, 0.15) is 12.6 Å². The second-order valence-electron chi connectivity index (χ2n) is 8.80. The van der Waals surface area contributed by atoms with Crippen LogP contribution in [-0.4, -0.2) is 43.8 Å². The first-order valence-corrected chi connectivity index (χ1v) is 13.9. The van der Waals surface area contributed by atoms with Gasteiger partial charge in [-0.3, -0.25) is 13.9 Å². The van der Waals surface area contributed by atoms with Crippen LogP contribution in [0, 0.1) is 0 Å². The molecule has 0 aliphatic carbocycles. The van der Waals surface area contributed by atoms with Crippen LogP contribution in [0.2, 0.25) is 5.02 Å². The summed E-state index contributed by atoms with van der Waals surface area (Å²) in [5.41, 5.74) is 1.11. The van der Waals surface area contributed by atoms with Gasteiger partial charge in [0.2, 0.25) is 11.8 Å². The Labute approximate surface area is 224 Å². The topological polar surface area (TPSA) is 86.8 Å². The number of hydrogen-bond acceptors (Lipinski definition) is 4. The summed E-state index contributed by atoms with van der Waals surface area (Å²) in [6.45, 7) is 5.12. The second-order valence-corrected chi connectivity index (χ2v) is 11.1. The van der Waals surface area contributed by atoms with Gasteiger partial charge in [-0.15, -0.1) is 0 Å². The maximum atomic E-state index is 13.8. The third kappa shape index (κ3) is 7.33. The largest absolute Gasteiger partial charge is 0.352 e. The predicted octanol–water partition coefficient (Wildman–Crippen LogP) is 4.87. The average molecular weight is 542 g/mol. The number of hydrogen-bond donors (Lipinski definition) is 1. The van der Waals surface area contributed by atoms with Gasteiger partial charge in [0.05, 0.1) is 10.6 Å². The minimum absolute atomic E-state index is 0.0679. The van der Waals surface area contributed by atoms with Crippen LogP contribution >= 0.6 is 11.6 Å². The zero-order valence-electron chi connectivity index (χ0n) is 21.2. The molecular weight excluding hydrogens is 510 g/mol. The zero-order valence-corrected chi connectivity index (χ0v) is 22.7. The van der Waals surface area contributed by atoms with Crippen molar-refractivity contribution in [1.29, 1.82) is 0 Å². The van der Waals surface area contributed by atoms with Gasteiger partial charge >= 0.3 is 0 Å². The van der Waals surface area contributed by atoms with E-state index in [0.29, 0.717) is 10.7 Å². The third-order valence-electron chi connectivity index (χ3n) is 6.09. The summed E-state index contributed by atoms with van der Waals surface area (Å²) < 4.78 is 28.4. The highest BCUT2D eigenvalue weighted by Crippen LogP contribution is 2.24. The summed E-state index contributed by atoms with van der Waals surface area (Å²) in [6.07, 6.45) is 0.737. The Bertz CT molecular complexity index is 1290. The van der Waals surface area contributed by atoms with E-state index in [1.165, 1.54) is 17.0 Å². The Hall–Kier alpha value is -3.36. The molecule has 2 atom stereocenters. The SMILES string of the molecule is CC[C@H](C)NC(=O)[C@H](C)N(Cc1ccc(Cl)cc1)C(=O)CN(c1ccccc1)S(=O)(=O)c1ccccc1. The number of amides is 2. The highest BCUT2D eigenvalue weighted by atomic mass is 35.5. The van der Waals surface area contributed by atoms with Gasteiger partial charge < -0.3 is 10.2 Å². The minimum atomic E-state index is -4.06. The monoisotopic (exact) mass is 541 g/mol. The third-order valence-corrected chi connectivity index (χ3v) is 8.13. The van der Waals surface area contributed by atoms with Crippen molar-refractivity contribution in [2.24, 2.45) is 0 Å². The predicted molar refractivity (Wildman–Crippen MR) is 147 cm³/mol. The fourth-order valence-electron chi connectivity index (χ4n) is 3.68. The average Bonchev–Trinajstić information content (AvgIpc) is 2.91. The Balaban J connectivity index is 1.98. The summed E-state index contributed by atoms with van der Waals surface area (Å²) in [4.78, 5) is 28.3. The van der Waals surface area contributed by atoms with E-state index in [4.69, 9.17) is 11.6 Å². The summed E-state index contributed by atoms with van der Waals surface area (Å²) in [5, 5.41) is 3.46. The molecule has 196 valence electrons. The Kier molecular flexibility index (Phi) is 9.72. The Morgan fingerprint density at radius 1 is 0.892 bits per heavy atom. The van der Waals surface area contributed by atoms with E-state index in [0.717, 1.165) is 16.3 Å². The van der Waals surface area contributed by atoms with Crippen LogP contribution in [0.4, 0.5) is 5.69 Å². The highest BCUT2D eigenvalue weighted by molar-refractivity contribution is 7.92. The lowest BCUT2D eigenvalue weighted by molar-refractivity contribution is -0.139. The molecule has 0 radical (unpaired) electrons. The first kappa shape index (κ1) is 28.2. The van der Waals surface area contributed by atoms with E-state index in [2.05, 4.69) is 5.32 Å². The fourth-order valence-corrected chi connectivity index (χ4v) is 5.24. The number of sulfonamides is 1. The molecule has 0 saturated heterocycles. The summed E-state index contributed by atoms with van der Waals surface area (Å²) >= 11 is 6.02. The van der Waals surface area contributed by atoms with E-state index in [1.54, 1.807) is 79.7 Å². The number of carbonyl (C=O) groups is 2. The van der Waals surface area contributed by atoms with Crippen LogP contribution in [0.15, 0.2) is 89.8 Å². The van der Waals surface area contributed by atoms with Crippen molar-refractivity contribution in [2.45, 2.75) is 50.7 Å². The van der Waals surface area contributed by atoms with Crippen molar-refractivity contribution >= 4 is 39.1 Å². The molecule has 9 heteroatoms. The second kappa shape index (κ2) is 12.7. The van der Waals surface area contributed by atoms with E-state index in [9.17, 15) is 18.0 Å². The molecule has 0 aliphatic heterocycles. The number of halogens is 1. The lowest BCUT2D eigenvalue weighted by atomic mass is 10.1. The van der Waals surface area contributed by atoms with Crippen molar-refractivity contribution in [3.63, 3.8) is 0 Å². The molecule has 0 spiro atoms. The molecule has 0 aromatic heterocycles. The van der Waals surface area contributed by atoms with Crippen molar-refractivity contribution in [1.82, 2.24) is 10.2 Å². The van der Waals surface area contributed by atoms with E-state index < -0.39 is 28.5 Å². The first-order valence-electron chi connectivity index (χ1n) is 12.1. The van der Waals surface area contributed by atoms with Gasteiger partial charge in [-0.25, -0.2) is 8.42 Å². The first-order chi connectivity index (χ1) is 17.6. The summed E-state index contributed by atoms with van der Waals surface area (Å²) in [6, 6.07) is 22.5. The van der Waals surface area contributed by atoms with Crippen LogP contribution in [0.1, 0.15) is 32.8 Å². The molecule has 0 aliphatic rings. The molecule has 0 fully saturated rings. The standard InChI is InChI=1S/C28H32ClN3O4S/c1-4-21(2)30-28(34)22(3)31(19-23-15-17-24(29)18-16-23)27(33)20-32(25-11-7-5-8-12-25)37(35,36)26-13-9-6-10-14-26/h5-18,21-22H,4,19-20H2,1-3H3,(H,30,34)/t21-,22-/m0/s1. The molecule has 3 aromatic carbocycles. The number of anilines is 1. The number of benzene rings is 3. The van der Waals surface area contributed by atoms with Crippen LogP contribution in [0.5, 0.6) is 0 Å². The van der Waals surface area contributed by atoms with Crippen LogP contribution in [0.25, 0.3) is 0 Å². The molecule has 7 nitrogen and oxygen atoms in total. The van der Waals surface area contributed by atoms with Crippen molar-refractivity contribution in [3.8, 4) is 0 Å². The molecule has 2 amide bonds. The normalized spacial score (nSPS) is 12.9. The van der Waals surface area contributed by atoms with Crippen LogP contribution in [0.3, 0.4) is 0 Å². The summed E-state index contributed by atoms with van der Waals surface area (Å²) in [7, 11) is -4.06. The highest BCUT2D eigenvalue weighted by Gasteiger charge is 2.32. The molecule has 3 rings (SSSR count). The lowest BCUT2D eigenvalue weighted by Gasteiger charge is -2.32. The van der Waals surface area contributed by atoms with E-state index >= 15 is 0 Å². The lowest BCUT2D eigenvalue weighted by Crippen LogP contribution is -2.52. The Morgan fingerprint density at radius 3 is 2.03 bits per heavy atom. The number of para-hydroxylation sites is 1. The van der Waals surface area contributed by atoms with Gasteiger partial charge in [0.25, 0.3) is 10.0 Å². The van der Waals surface area contributed by atoms with Crippen LogP contribution in [-0.2, 0) is 26.2 Å². The minimum Gasteiger partial charge on any atom is -0.352 e. The molecule has 37 heavy (non-hydrogen) atoms. The molecule has 3 aromatic rings. The van der Waals surface area contributed by atoms with Crippen molar-refractivity contribution in [3.05, 3.63) is 95.5 Å². The van der Waals surface area contributed by atoms with Gasteiger partial charge in [-0.05, 0) is 62.2 Å². The van der Waals surface area contributed by atoms with Gasteiger partial charge in [-0.2, -0.15) is 0 Å². The molecule has 0 bridgehead atoms. The molecular formula is C28H32ClN3O4S. The molecule has 0 heterocycles. The molecule has 0 saturated carbocycles. The fraction of sp³-hybridized carbons (Fsp3) is 0.286. The van der Waals surface area contributed by atoms with Crippen molar-refractivity contribution < 1.29 is 18.0 Å². The Morgan fingerprint density at radius 2 is 1.46 bits per heavy atom. The van der Waals surface area contributed by atoms with Gasteiger partial charge in [-0.1, -0.05) is 67.1 Å². The van der Waals surface area contributed by atoms with Crippen LogP contribution < -0.4 is 9.62 Å². The number of rotatable bonds is 11. The number of nitrogens with one attached hydrogen (secondary N) is 1. The number of carbonyl (C=O) groups excluding carboxylic acids is 2. The maximum Gasteiger partial charge on any atom is 0.264 e. The molecule has 1 N–H and O–H groups in total. The molecule has 0 unspecified atom stereocenters. The zero-order chi connectivity index (χ0) is 27.0. The van der Waals surface area contributed by atoms with Gasteiger partial charge in [0, 0.05) is 17.6 Å². The summed E-state index contributed by atoms with van der Waals surface area (Å²) in [5.74, 6) is -0.820. The van der Waals surface area contributed by atoms with Crippen molar-refractivity contribution in [2.75, 3.05) is 10.8 Å². The smallest absolute Gasteiger partial charge is 0.264 e. The van der Waals surface area contributed by atoms with E-state index in [-0.39, 0.29) is 23.4 Å².